The van der Waals surface area contributed by atoms with E-state index < -0.39 is 5.97 Å². The van der Waals surface area contributed by atoms with Gasteiger partial charge in [-0.25, -0.2) is 4.79 Å². The molecule has 1 aliphatic rings. The highest BCUT2D eigenvalue weighted by Gasteiger charge is 2.26. The molecule has 1 aromatic rings. The van der Waals surface area contributed by atoms with Gasteiger partial charge in [0.25, 0.3) is 0 Å². The van der Waals surface area contributed by atoms with Gasteiger partial charge in [-0.3, -0.25) is 9.69 Å². The van der Waals surface area contributed by atoms with E-state index in [0.29, 0.717) is 30.1 Å². The number of carboxylic acid groups (broad SMARTS) is 1. The third-order valence-corrected chi connectivity index (χ3v) is 3.64. The molecule has 19 heavy (non-hydrogen) atoms. The molecule has 5 nitrogen and oxygen atoms in total. The Labute approximate surface area is 112 Å². The van der Waals surface area contributed by atoms with Gasteiger partial charge >= 0.3 is 5.97 Å². The minimum atomic E-state index is -1.04. The minimum absolute atomic E-state index is 0.00938. The van der Waals surface area contributed by atoms with E-state index >= 15 is 0 Å². The summed E-state index contributed by atoms with van der Waals surface area (Å²) in [5, 5.41) is 8.95. The maximum atomic E-state index is 11.6. The van der Waals surface area contributed by atoms with Crippen LogP contribution in [0.3, 0.4) is 0 Å². The normalized spacial score (nSPS) is 20.7. The number of hydrogen-bond donors (Lipinski definition) is 1. The molecule has 104 valence electrons. The van der Waals surface area contributed by atoms with Crippen molar-refractivity contribution in [2.45, 2.75) is 33.2 Å². The van der Waals surface area contributed by atoms with Crippen LogP contribution < -0.4 is 0 Å². The molecule has 1 atom stereocenters. The summed E-state index contributed by atoms with van der Waals surface area (Å²) in [6, 6.07) is 1.76. The van der Waals surface area contributed by atoms with Crippen LogP contribution in [-0.2, 0) is 11.3 Å². The van der Waals surface area contributed by atoms with E-state index in [1.807, 2.05) is 6.92 Å². The molecule has 0 bridgehead atoms. The predicted molar refractivity (Wildman–Crippen MR) is 69.1 cm³/mol. The summed E-state index contributed by atoms with van der Waals surface area (Å²) in [6.45, 7) is 5.77. The topological polar surface area (TPSA) is 70.8 Å². The Morgan fingerprint density at radius 2 is 2.32 bits per heavy atom. The molecule has 1 fully saturated rings. The van der Waals surface area contributed by atoms with Crippen LogP contribution in [0, 0.1) is 12.8 Å². The molecule has 1 aliphatic heterocycles. The van der Waals surface area contributed by atoms with Gasteiger partial charge in [-0.05, 0) is 19.4 Å². The third-order valence-electron chi connectivity index (χ3n) is 3.64. The van der Waals surface area contributed by atoms with E-state index in [0.717, 1.165) is 19.5 Å². The first-order valence-corrected chi connectivity index (χ1v) is 6.59. The maximum absolute atomic E-state index is 11.6. The number of aryl methyl sites for hydroxylation is 1. The van der Waals surface area contributed by atoms with Crippen LogP contribution in [-0.4, -0.2) is 34.8 Å². The third kappa shape index (κ3) is 3.04. The Morgan fingerprint density at radius 3 is 2.89 bits per heavy atom. The second-order valence-corrected chi connectivity index (χ2v) is 5.09. The van der Waals surface area contributed by atoms with Crippen molar-refractivity contribution < 1.29 is 19.1 Å². The fourth-order valence-corrected chi connectivity index (χ4v) is 2.54. The Kier molecular flexibility index (Phi) is 4.04. The summed E-state index contributed by atoms with van der Waals surface area (Å²) < 4.78 is 5.35. The second-order valence-electron chi connectivity index (χ2n) is 5.09. The summed E-state index contributed by atoms with van der Waals surface area (Å²) >= 11 is 0. The molecule has 1 saturated heterocycles. The van der Waals surface area contributed by atoms with Crippen molar-refractivity contribution in [3.05, 3.63) is 23.2 Å². The molecule has 2 heterocycles. The number of ketones is 1. The second kappa shape index (κ2) is 5.57. The number of nitrogens with zero attached hydrogens (tertiary/aromatic N) is 1. The standard InChI is InChI=1S/C14H19NO4/c1-3-10-7-15(5-4-12(10)16)8-11-6-9(2)13(19-11)14(17)18/h6,10H,3-5,7-8H2,1-2H3,(H,17,18). The van der Waals surface area contributed by atoms with Gasteiger partial charge in [0.2, 0.25) is 5.76 Å². The first-order valence-electron chi connectivity index (χ1n) is 6.59. The van der Waals surface area contributed by atoms with Crippen LogP contribution in [0.5, 0.6) is 0 Å². The number of carbonyl (C=O) groups excluding carboxylic acids is 1. The van der Waals surface area contributed by atoms with Gasteiger partial charge in [0.1, 0.15) is 11.5 Å². The number of likely N-dealkylation sites (tertiary alicyclic amines) is 1. The van der Waals surface area contributed by atoms with E-state index in [9.17, 15) is 9.59 Å². The molecular weight excluding hydrogens is 246 g/mol. The molecule has 0 saturated carbocycles. The van der Waals surface area contributed by atoms with Crippen LogP contribution in [0.2, 0.25) is 0 Å². The molecule has 0 amide bonds. The van der Waals surface area contributed by atoms with E-state index in [4.69, 9.17) is 9.52 Å². The zero-order valence-electron chi connectivity index (χ0n) is 11.3. The SMILES string of the molecule is CCC1CN(Cc2cc(C)c(C(=O)O)o2)CCC1=O. The highest BCUT2D eigenvalue weighted by molar-refractivity contribution is 5.86. The molecule has 1 unspecified atom stereocenters. The Morgan fingerprint density at radius 1 is 1.58 bits per heavy atom. The Balaban J connectivity index is 2.03. The number of furan rings is 1. The first kappa shape index (κ1) is 13.8. The Bertz CT molecular complexity index is 492. The number of aromatic carboxylic acids is 1. The number of rotatable bonds is 4. The Hall–Kier alpha value is -1.62. The van der Waals surface area contributed by atoms with Crippen molar-refractivity contribution >= 4 is 11.8 Å². The van der Waals surface area contributed by atoms with E-state index in [2.05, 4.69) is 4.90 Å². The smallest absolute Gasteiger partial charge is 0.372 e. The molecule has 0 aromatic carbocycles. The van der Waals surface area contributed by atoms with Gasteiger partial charge in [0, 0.05) is 31.0 Å². The van der Waals surface area contributed by atoms with Gasteiger partial charge in [-0.15, -0.1) is 0 Å². The zero-order chi connectivity index (χ0) is 14.0. The maximum Gasteiger partial charge on any atom is 0.372 e. The lowest BCUT2D eigenvalue weighted by Crippen LogP contribution is -2.39. The van der Waals surface area contributed by atoms with Crippen molar-refractivity contribution in [3.8, 4) is 0 Å². The van der Waals surface area contributed by atoms with Crippen molar-refractivity contribution in [1.82, 2.24) is 4.90 Å². The lowest BCUT2D eigenvalue weighted by atomic mass is 9.94. The summed E-state index contributed by atoms with van der Waals surface area (Å²) in [5.74, 6) is 0.0580. The highest BCUT2D eigenvalue weighted by Crippen LogP contribution is 2.21. The van der Waals surface area contributed by atoms with Crippen LogP contribution in [0.1, 0.15) is 41.6 Å². The first-order chi connectivity index (χ1) is 9.01. The highest BCUT2D eigenvalue weighted by atomic mass is 16.4. The van der Waals surface area contributed by atoms with Crippen LogP contribution in [0.4, 0.5) is 0 Å². The number of Topliss-reactive ketones (excluding diaryl/α,β-unsaturated/α-hetero) is 1. The molecule has 2 rings (SSSR count). The molecule has 0 aliphatic carbocycles. The number of hydrogen-bond acceptors (Lipinski definition) is 4. The van der Waals surface area contributed by atoms with Gasteiger partial charge in [0.15, 0.2) is 0 Å². The monoisotopic (exact) mass is 265 g/mol. The summed E-state index contributed by atoms with van der Waals surface area (Å²) in [7, 11) is 0. The quantitative estimate of drug-likeness (QED) is 0.902. The van der Waals surface area contributed by atoms with E-state index in [1.165, 1.54) is 0 Å². The van der Waals surface area contributed by atoms with Crippen molar-refractivity contribution in [3.63, 3.8) is 0 Å². The fraction of sp³-hybridized carbons (Fsp3) is 0.571. The minimum Gasteiger partial charge on any atom is -0.475 e. The van der Waals surface area contributed by atoms with E-state index in [1.54, 1.807) is 13.0 Å². The molecule has 0 radical (unpaired) electrons. The van der Waals surface area contributed by atoms with Crippen LogP contribution in [0.15, 0.2) is 10.5 Å². The average Bonchev–Trinajstić information content (AvgIpc) is 2.73. The average molecular weight is 265 g/mol. The van der Waals surface area contributed by atoms with Gasteiger partial charge < -0.3 is 9.52 Å². The summed E-state index contributed by atoms with van der Waals surface area (Å²) in [4.78, 5) is 24.7. The molecule has 0 spiro atoms. The van der Waals surface area contributed by atoms with E-state index in [-0.39, 0.29) is 11.7 Å². The van der Waals surface area contributed by atoms with Gasteiger partial charge in [-0.1, -0.05) is 6.92 Å². The molecule has 1 aromatic heterocycles. The molecule has 1 N–H and O–H groups in total. The molecule has 5 heteroatoms. The number of carbonyl (C=O) groups is 2. The summed E-state index contributed by atoms with van der Waals surface area (Å²) in [6.07, 6.45) is 1.43. The summed E-state index contributed by atoms with van der Waals surface area (Å²) in [5.41, 5.74) is 0.641. The fourth-order valence-electron chi connectivity index (χ4n) is 2.54. The van der Waals surface area contributed by atoms with Crippen LogP contribution >= 0.6 is 0 Å². The predicted octanol–water partition coefficient (Wildman–Crippen LogP) is 2.09. The molecular formula is C14H19NO4. The zero-order valence-corrected chi connectivity index (χ0v) is 11.3. The van der Waals surface area contributed by atoms with Crippen molar-refractivity contribution in [2.24, 2.45) is 5.92 Å². The van der Waals surface area contributed by atoms with Gasteiger partial charge in [-0.2, -0.15) is 0 Å². The number of piperidine rings is 1. The lowest BCUT2D eigenvalue weighted by Gasteiger charge is -2.30. The van der Waals surface area contributed by atoms with Crippen molar-refractivity contribution in [1.29, 1.82) is 0 Å². The van der Waals surface area contributed by atoms with Gasteiger partial charge in [0.05, 0.1) is 6.54 Å². The number of carboxylic acids is 1. The van der Waals surface area contributed by atoms with Crippen molar-refractivity contribution in [2.75, 3.05) is 13.1 Å². The largest absolute Gasteiger partial charge is 0.475 e. The van der Waals surface area contributed by atoms with Crippen LogP contribution in [0.25, 0.3) is 0 Å². The lowest BCUT2D eigenvalue weighted by molar-refractivity contribution is -0.126.